The molecule has 9 nitrogen and oxygen atoms in total. The van der Waals surface area contributed by atoms with Crippen LogP contribution in [0.25, 0.3) is 0 Å². The second-order valence-corrected chi connectivity index (χ2v) is 7.52. The number of benzene rings is 2. The van der Waals surface area contributed by atoms with Crippen LogP contribution in [0, 0.1) is 15.9 Å². The third-order valence-corrected chi connectivity index (χ3v) is 5.28. The molecule has 0 radical (unpaired) electrons. The van der Waals surface area contributed by atoms with Gasteiger partial charge in [0.15, 0.2) is 11.6 Å². The van der Waals surface area contributed by atoms with Gasteiger partial charge in [0.2, 0.25) is 11.7 Å². The second-order valence-electron chi connectivity index (χ2n) is 7.52. The molecule has 1 aliphatic rings. The molecule has 2 aromatic carbocycles. The maximum Gasteiger partial charge on any atom is 0.311 e. The number of hydrogen-bond acceptors (Lipinski definition) is 7. The lowest BCUT2D eigenvalue weighted by Gasteiger charge is -2.32. The van der Waals surface area contributed by atoms with E-state index in [9.17, 15) is 19.3 Å². The molecule has 1 aromatic heterocycles. The quantitative estimate of drug-likeness (QED) is 0.425. The van der Waals surface area contributed by atoms with Crippen molar-refractivity contribution in [3.05, 3.63) is 82.3 Å². The first kappa shape index (κ1) is 22.2. The standard InChI is InChI=1S/C23H21FN4O5/c1-27-17(13-32-14-22(27)29)11-15-4-7-18(8-5-15)33-21-9-6-16(12-19(21)24)26-23-20(28(30)31)3-2-10-25-23/h2-10,12,17H,11,13-14H2,1H3,(H,25,26). The first-order valence-corrected chi connectivity index (χ1v) is 10.2. The van der Waals surface area contributed by atoms with Crippen molar-refractivity contribution in [3.63, 3.8) is 0 Å². The highest BCUT2D eigenvalue weighted by atomic mass is 19.1. The van der Waals surface area contributed by atoms with E-state index in [1.807, 2.05) is 12.1 Å². The van der Waals surface area contributed by atoms with Gasteiger partial charge in [0.25, 0.3) is 0 Å². The van der Waals surface area contributed by atoms with Crippen LogP contribution in [0.2, 0.25) is 0 Å². The Morgan fingerprint density at radius 3 is 2.79 bits per heavy atom. The first-order valence-electron chi connectivity index (χ1n) is 10.2. The Labute approximate surface area is 188 Å². The van der Waals surface area contributed by atoms with Gasteiger partial charge in [-0.2, -0.15) is 0 Å². The van der Waals surface area contributed by atoms with Gasteiger partial charge in [-0.1, -0.05) is 12.1 Å². The number of aromatic nitrogens is 1. The van der Waals surface area contributed by atoms with E-state index in [1.54, 1.807) is 30.1 Å². The summed E-state index contributed by atoms with van der Waals surface area (Å²) in [6.45, 7) is 0.589. The fraction of sp³-hybridized carbons (Fsp3) is 0.217. The minimum absolute atomic E-state index is 0.00910. The highest BCUT2D eigenvalue weighted by molar-refractivity contribution is 5.78. The summed E-state index contributed by atoms with van der Waals surface area (Å²) < 4.78 is 25.6. The summed E-state index contributed by atoms with van der Waals surface area (Å²) in [6, 6.07) is 14.0. The number of morpholine rings is 1. The number of pyridine rings is 1. The van der Waals surface area contributed by atoms with Crippen LogP contribution in [-0.4, -0.2) is 47.0 Å². The molecule has 1 N–H and O–H groups in total. The molecular weight excluding hydrogens is 431 g/mol. The minimum atomic E-state index is -0.637. The smallest absolute Gasteiger partial charge is 0.311 e. The van der Waals surface area contributed by atoms with Crippen molar-refractivity contribution < 1.29 is 23.6 Å². The average molecular weight is 452 g/mol. The van der Waals surface area contributed by atoms with E-state index in [1.165, 1.54) is 30.5 Å². The van der Waals surface area contributed by atoms with Crippen LogP contribution < -0.4 is 10.1 Å². The van der Waals surface area contributed by atoms with Gasteiger partial charge in [-0.3, -0.25) is 14.9 Å². The number of hydrogen-bond donors (Lipinski definition) is 1. The Bertz CT molecular complexity index is 1170. The zero-order chi connectivity index (χ0) is 23.4. The number of likely N-dealkylation sites (N-methyl/N-ethyl adjacent to an activating group) is 1. The molecule has 10 heteroatoms. The molecular formula is C23H21FN4O5. The van der Waals surface area contributed by atoms with Crippen molar-refractivity contribution >= 4 is 23.1 Å². The van der Waals surface area contributed by atoms with Gasteiger partial charge in [0, 0.05) is 31.1 Å². The zero-order valence-corrected chi connectivity index (χ0v) is 17.7. The largest absolute Gasteiger partial charge is 0.454 e. The molecule has 1 aliphatic heterocycles. The third kappa shape index (κ3) is 5.24. The maximum absolute atomic E-state index is 14.6. The van der Waals surface area contributed by atoms with Gasteiger partial charge < -0.3 is 19.7 Å². The van der Waals surface area contributed by atoms with E-state index in [4.69, 9.17) is 9.47 Å². The summed E-state index contributed by atoms with van der Waals surface area (Å²) in [5.74, 6) is -0.209. The topological polar surface area (TPSA) is 107 Å². The molecule has 1 unspecified atom stereocenters. The lowest BCUT2D eigenvalue weighted by atomic mass is 10.0. The lowest BCUT2D eigenvalue weighted by Crippen LogP contribution is -2.47. The number of halogens is 1. The van der Waals surface area contributed by atoms with Crippen LogP contribution in [0.5, 0.6) is 11.5 Å². The summed E-state index contributed by atoms with van der Waals surface area (Å²) >= 11 is 0. The maximum atomic E-state index is 14.6. The molecule has 0 aliphatic carbocycles. The van der Waals surface area contributed by atoms with E-state index in [2.05, 4.69) is 10.3 Å². The summed E-state index contributed by atoms with van der Waals surface area (Å²) in [4.78, 5) is 27.9. The molecule has 1 fully saturated rings. The molecule has 0 saturated carbocycles. The molecule has 2 heterocycles. The minimum Gasteiger partial charge on any atom is -0.454 e. The molecule has 170 valence electrons. The van der Waals surface area contributed by atoms with Crippen molar-refractivity contribution in [3.8, 4) is 11.5 Å². The van der Waals surface area contributed by atoms with Crippen LogP contribution in [0.4, 0.5) is 21.6 Å². The zero-order valence-electron chi connectivity index (χ0n) is 17.7. The lowest BCUT2D eigenvalue weighted by molar-refractivity contribution is -0.384. The summed E-state index contributed by atoms with van der Waals surface area (Å²) in [6.07, 6.45) is 2.04. The molecule has 3 aromatic rings. The number of amides is 1. The van der Waals surface area contributed by atoms with Crippen LogP contribution >= 0.6 is 0 Å². The Hall–Kier alpha value is -4.05. The molecule has 1 atom stereocenters. The fourth-order valence-corrected chi connectivity index (χ4v) is 3.43. The number of ether oxygens (including phenoxy) is 2. The van der Waals surface area contributed by atoms with Crippen molar-refractivity contribution in [2.45, 2.75) is 12.5 Å². The summed E-state index contributed by atoms with van der Waals surface area (Å²) in [5, 5.41) is 13.9. The number of nitrogens with one attached hydrogen (secondary N) is 1. The Morgan fingerprint density at radius 1 is 1.27 bits per heavy atom. The SMILES string of the molecule is CN1C(=O)COCC1Cc1ccc(Oc2ccc(Nc3ncccc3[N+](=O)[O-])cc2F)cc1. The van der Waals surface area contributed by atoms with E-state index < -0.39 is 10.7 Å². The summed E-state index contributed by atoms with van der Waals surface area (Å²) in [5.41, 5.74) is 1.08. The van der Waals surface area contributed by atoms with Gasteiger partial charge >= 0.3 is 5.69 Å². The van der Waals surface area contributed by atoms with Gasteiger partial charge in [0.05, 0.1) is 17.6 Å². The average Bonchev–Trinajstić information content (AvgIpc) is 2.80. The number of anilines is 2. The van der Waals surface area contributed by atoms with Crippen LogP contribution in [-0.2, 0) is 16.0 Å². The van der Waals surface area contributed by atoms with E-state index in [-0.39, 0.29) is 35.8 Å². The normalized spacial score (nSPS) is 15.9. The Balaban J connectivity index is 1.41. The molecule has 1 saturated heterocycles. The molecule has 0 bridgehead atoms. The Morgan fingerprint density at radius 2 is 2.06 bits per heavy atom. The van der Waals surface area contributed by atoms with Crippen LogP contribution in [0.1, 0.15) is 5.56 Å². The molecule has 4 rings (SSSR count). The molecule has 0 spiro atoms. The van der Waals surface area contributed by atoms with E-state index in [0.717, 1.165) is 5.56 Å². The van der Waals surface area contributed by atoms with Gasteiger partial charge in [0.1, 0.15) is 12.4 Å². The first-order chi connectivity index (χ1) is 15.9. The highest BCUT2D eigenvalue weighted by Crippen LogP contribution is 2.30. The highest BCUT2D eigenvalue weighted by Gasteiger charge is 2.25. The monoisotopic (exact) mass is 452 g/mol. The van der Waals surface area contributed by atoms with Gasteiger partial charge in [-0.05, 0) is 42.3 Å². The predicted molar refractivity (Wildman–Crippen MR) is 118 cm³/mol. The van der Waals surface area contributed by atoms with Crippen molar-refractivity contribution in [1.82, 2.24) is 9.88 Å². The fourth-order valence-electron chi connectivity index (χ4n) is 3.43. The number of rotatable bonds is 7. The number of carbonyl (C=O) groups excluding carboxylic acids is 1. The van der Waals surface area contributed by atoms with Crippen LogP contribution in [0.3, 0.4) is 0 Å². The number of nitrogens with zero attached hydrogens (tertiary/aromatic N) is 3. The molecule has 1 amide bonds. The van der Waals surface area contributed by atoms with Crippen molar-refractivity contribution in [2.75, 3.05) is 25.6 Å². The van der Waals surface area contributed by atoms with E-state index >= 15 is 0 Å². The number of nitro groups is 1. The third-order valence-electron chi connectivity index (χ3n) is 5.28. The number of carbonyl (C=O) groups is 1. The summed E-state index contributed by atoms with van der Waals surface area (Å²) in [7, 11) is 1.76. The molecule has 33 heavy (non-hydrogen) atoms. The van der Waals surface area contributed by atoms with Gasteiger partial charge in [-0.15, -0.1) is 0 Å². The van der Waals surface area contributed by atoms with Crippen molar-refractivity contribution in [2.24, 2.45) is 0 Å². The van der Waals surface area contributed by atoms with E-state index in [0.29, 0.717) is 24.5 Å². The van der Waals surface area contributed by atoms with Crippen molar-refractivity contribution in [1.29, 1.82) is 0 Å². The van der Waals surface area contributed by atoms with Crippen LogP contribution in [0.15, 0.2) is 60.8 Å². The predicted octanol–water partition coefficient (Wildman–Crippen LogP) is 4.06. The second kappa shape index (κ2) is 9.61. The Kier molecular flexibility index (Phi) is 6.45. The van der Waals surface area contributed by atoms with Gasteiger partial charge in [-0.25, -0.2) is 9.37 Å².